The summed E-state index contributed by atoms with van der Waals surface area (Å²) in [5.74, 6) is -0.596. The van der Waals surface area contributed by atoms with Gasteiger partial charge in [-0.1, -0.05) is 152 Å². The van der Waals surface area contributed by atoms with Crippen LogP contribution in [0.4, 0.5) is 8.78 Å². The first-order chi connectivity index (χ1) is 35.5. The third-order valence-electron chi connectivity index (χ3n) is 13.2. The van der Waals surface area contributed by atoms with Crippen LogP contribution in [0.3, 0.4) is 0 Å². The van der Waals surface area contributed by atoms with Crippen LogP contribution < -0.4 is 0 Å². The van der Waals surface area contributed by atoms with E-state index in [2.05, 4.69) is 164 Å². The van der Waals surface area contributed by atoms with E-state index in [-0.39, 0.29) is 11.6 Å². The second-order valence-corrected chi connectivity index (χ2v) is 17.7. The van der Waals surface area contributed by atoms with Crippen molar-refractivity contribution in [2.75, 3.05) is 0 Å². The Hall–Kier alpha value is -9.59. The van der Waals surface area contributed by atoms with E-state index in [1.54, 1.807) is 33.6 Å². The largest absolute Gasteiger partial charge is 0.256 e. The molecule has 0 saturated heterocycles. The van der Waals surface area contributed by atoms with Crippen molar-refractivity contribution in [1.82, 2.24) is 24.5 Å². The number of hydrogen-bond acceptors (Lipinski definition) is 3. The number of aromatic nitrogens is 5. The molecule has 0 aliphatic heterocycles. The van der Waals surface area contributed by atoms with E-state index in [1.807, 2.05) is 49.2 Å². The minimum Gasteiger partial charge on any atom is -0.256 e. The summed E-state index contributed by atoms with van der Waals surface area (Å²) in [6, 6.07) is 76.6. The molecule has 3 heterocycles. The molecule has 3 aromatic heterocycles. The minimum atomic E-state index is -0.298. The smallest absolute Gasteiger partial charge is 0.123 e. The molecule has 0 aliphatic rings. The molecule has 5 nitrogen and oxygen atoms in total. The van der Waals surface area contributed by atoms with Gasteiger partial charge >= 0.3 is 0 Å². The number of benzene rings is 9. The Morgan fingerprint density at radius 3 is 1.08 bits per heavy atom. The molecule has 0 N–H and O–H groups in total. The maximum absolute atomic E-state index is 13.9. The molecule has 0 bridgehead atoms. The van der Waals surface area contributed by atoms with Gasteiger partial charge in [-0.05, 0) is 151 Å². The topological polar surface area (TPSA) is 48.5 Å². The summed E-state index contributed by atoms with van der Waals surface area (Å²) < 4.78 is 31.3. The number of halogens is 2. The van der Waals surface area contributed by atoms with Crippen LogP contribution in [0, 0.1) is 11.6 Å². The van der Waals surface area contributed by atoms with Crippen LogP contribution in [-0.4, -0.2) is 24.5 Å². The summed E-state index contributed by atoms with van der Waals surface area (Å²) in [7, 11) is 0. The van der Waals surface area contributed by atoms with E-state index in [9.17, 15) is 8.78 Å². The second-order valence-electron chi connectivity index (χ2n) is 17.7. The maximum Gasteiger partial charge on any atom is 0.123 e. The van der Waals surface area contributed by atoms with Crippen molar-refractivity contribution in [1.29, 1.82) is 0 Å². The van der Waals surface area contributed by atoms with Gasteiger partial charge in [0.1, 0.15) is 11.6 Å². The summed E-state index contributed by atoms with van der Waals surface area (Å²) >= 11 is 0. The molecule has 12 aromatic rings. The van der Waals surface area contributed by atoms with Crippen LogP contribution in [0.1, 0.15) is 0 Å². The third kappa shape index (κ3) is 8.83. The highest BCUT2D eigenvalue weighted by molar-refractivity contribution is 5.94. The Kier molecular flexibility index (Phi) is 11.6. The molecule has 342 valence electrons. The molecular weight excluding hydrogens is 889 g/mol. The standard InChI is InChI=1S/C65H43F2N5/c66-55-26-30-57(31-27-55)71-42-53(40-69-71)63-19-8-6-17-61(63)51-36-50(37-52(38-51)62-18-7-9-20-64(62)54-41-70-72(43-54)58-32-28-56(67)29-33-58)60-16-5-4-15-59(60)49-25-34-65(68-39-49)48-14-10-13-47(35-48)46-23-21-45(22-24-46)44-11-2-1-3-12-44/h1-43H. The Labute approximate surface area is 416 Å². The molecule has 72 heavy (non-hydrogen) atoms. The molecule has 0 fully saturated rings. The fourth-order valence-electron chi connectivity index (χ4n) is 9.52. The summed E-state index contributed by atoms with van der Waals surface area (Å²) in [6.07, 6.45) is 9.65. The first kappa shape index (κ1) is 43.7. The summed E-state index contributed by atoms with van der Waals surface area (Å²) in [5, 5.41) is 9.39. The van der Waals surface area contributed by atoms with Gasteiger partial charge in [0.05, 0.1) is 29.5 Å². The molecule has 0 amide bonds. The van der Waals surface area contributed by atoms with E-state index in [4.69, 9.17) is 15.2 Å². The Bertz CT molecular complexity index is 3710. The van der Waals surface area contributed by atoms with E-state index in [0.717, 1.165) is 101 Å². The Balaban J connectivity index is 0.938. The number of hydrogen-bond donors (Lipinski definition) is 0. The number of rotatable bonds is 11. The van der Waals surface area contributed by atoms with Gasteiger partial charge in [0.25, 0.3) is 0 Å². The average Bonchev–Trinajstić information content (AvgIpc) is 4.16. The number of nitrogens with zero attached hydrogens (tertiary/aromatic N) is 5. The fraction of sp³-hybridized carbons (Fsp3) is 0. The lowest BCUT2D eigenvalue weighted by molar-refractivity contribution is 0.626. The molecule has 0 spiro atoms. The molecule has 12 rings (SSSR count). The quantitative estimate of drug-likeness (QED) is 0.130. The summed E-state index contributed by atoms with van der Waals surface area (Å²) in [6.45, 7) is 0. The zero-order valence-corrected chi connectivity index (χ0v) is 38.8. The second kappa shape index (κ2) is 19.1. The molecule has 0 saturated carbocycles. The van der Waals surface area contributed by atoms with E-state index >= 15 is 0 Å². The van der Waals surface area contributed by atoms with E-state index < -0.39 is 0 Å². The maximum atomic E-state index is 13.9. The van der Waals surface area contributed by atoms with Gasteiger partial charge in [0.2, 0.25) is 0 Å². The zero-order chi connectivity index (χ0) is 48.4. The first-order valence-corrected chi connectivity index (χ1v) is 23.8. The van der Waals surface area contributed by atoms with Crippen LogP contribution in [0.25, 0.3) is 112 Å². The molecule has 9 aromatic carbocycles. The third-order valence-corrected chi connectivity index (χ3v) is 13.2. The number of pyridine rings is 1. The van der Waals surface area contributed by atoms with Gasteiger partial charge in [0, 0.05) is 40.8 Å². The van der Waals surface area contributed by atoms with Crippen LogP contribution in [0.15, 0.2) is 262 Å². The highest BCUT2D eigenvalue weighted by Gasteiger charge is 2.18. The van der Waals surface area contributed by atoms with Gasteiger partial charge in [-0.2, -0.15) is 10.2 Å². The zero-order valence-electron chi connectivity index (χ0n) is 38.8. The van der Waals surface area contributed by atoms with Crippen molar-refractivity contribution in [3.8, 4) is 112 Å². The van der Waals surface area contributed by atoms with Gasteiger partial charge in [-0.25, -0.2) is 18.1 Å². The van der Waals surface area contributed by atoms with Crippen molar-refractivity contribution >= 4 is 0 Å². The van der Waals surface area contributed by atoms with Gasteiger partial charge in [-0.15, -0.1) is 0 Å². The van der Waals surface area contributed by atoms with Gasteiger partial charge in [-0.3, -0.25) is 4.98 Å². The monoisotopic (exact) mass is 931 g/mol. The predicted octanol–water partition coefficient (Wildman–Crippen LogP) is 16.7. The molecule has 0 aliphatic carbocycles. The van der Waals surface area contributed by atoms with Crippen LogP contribution in [0.5, 0.6) is 0 Å². The van der Waals surface area contributed by atoms with Crippen LogP contribution in [-0.2, 0) is 0 Å². The van der Waals surface area contributed by atoms with E-state index in [0.29, 0.717) is 0 Å². The first-order valence-electron chi connectivity index (χ1n) is 23.8. The highest BCUT2D eigenvalue weighted by atomic mass is 19.1. The molecule has 0 unspecified atom stereocenters. The molecule has 0 atom stereocenters. The van der Waals surface area contributed by atoms with Gasteiger partial charge < -0.3 is 0 Å². The molecular formula is C65H43F2N5. The normalized spacial score (nSPS) is 11.2. The van der Waals surface area contributed by atoms with Crippen LogP contribution >= 0.6 is 0 Å². The predicted molar refractivity (Wildman–Crippen MR) is 287 cm³/mol. The van der Waals surface area contributed by atoms with Crippen molar-refractivity contribution in [3.05, 3.63) is 273 Å². The molecule has 7 heteroatoms. The van der Waals surface area contributed by atoms with Crippen molar-refractivity contribution in [2.45, 2.75) is 0 Å². The highest BCUT2D eigenvalue weighted by Crippen LogP contribution is 2.42. The Morgan fingerprint density at radius 2 is 0.625 bits per heavy atom. The van der Waals surface area contributed by atoms with Crippen molar-refractivity contribution in [2.24, 2.45) is 0 Å². The SMILES string of the molecule is Fc1ccc(-n2cc(-c3ccccc3-c3cc(-c4ccccc4-c4ccc(-c5cccc(-c6ccc(-c7ccccc7)cc6)c5)nc4)cc(-c4ccccc4-c4cnn(-c5ccc(F)cc5)c4)c3)cn2)cc1. The van der Waals surface area contributed by atoms with Crippen molar-refractivity contribution < 1.29 is 8.78 Å². The van der Waals surface area contributed by atoms with Gasteiger partial charge in [0.15, 0.2) is 0 Å². The summed E-state index contributed by atoms with van der Waals surface area (Å²) in [5.41, 5.74) is 20.2. The minimum absolute atomic E-state index is 0.298. The van der Waals surface area contributed by atoms with Crippen LogP contribution in [0.2, 0.25) is 0 Å². The van der Waals surface area contributed by atoms with E-state index in [1.165, 1.54) is 35.4 Å². The Morgan fingerprint density at radius 1 is 0.264 bits per heavy atom. The lowest BCUT2D eigenvalue weighted by atomic mass is 9.87. The summed E-state index contributed by atoms with van der Waals surface area (Å²) in [4.78, 5) is 5.07. The average molecular weight is 932 g/mol. The lowest BCUT2D eigenvalue weighted by Gasteiger charge is -2.17. The lowest BCUT2D eigenvalue weighted by Crippen LogP contribution is -1.94. The molecule has 0 radical (unpaired) electrons. The van der Waals surface area contributed by atoms with Crippen molar-refractivity contribution in [3.63, 3.8) is 0 Å². The fourth-order valence-corrected chi connectivity index (χ4v) is 9.52.